The largest absolute Gasteiger partial charge is 0.495 e. The molecule has 2 aromatic carbocycles. The first-order valence-electron chi connectivity index (χ1n) is 11.5. The van der Waals surface area contributed by atoms with Crippen molar-refractivity contribution in [3.63, 3.8) is 0 Å². The molecule has 0 radical (unpaired) electrons. The zero-order chi connectivity index (χ0) is 22.9. The summed E-state index contributed by atoms with van der Waals surface area (Å²) in [7, 11) is 1.65. The number of benzene rings is 2. The molecule has 6 heteroatoms. The molecular formula is C27H29N3O3. The summed E-state index contributed by atoms with van der Waals surface area (Å²) in [5, 5.41) is 10.5. The van der Waals surface area contributed by atoms with E-state index in [0.29, 0.717) is 19.3 Å². The first kappa shape index (κ1) is 21.5. The Labute approximate surface area is 194 Å². The highest BCUT2D eigenvalue weighted by Gasteiger charge is 2.42. The second-order valence-electron chi connectivity index (χ2n) is 8.98. The van der Waals surface area contributed by atoms with Crippen LogP contribution >= 0.6 is 0 Å². The molecule has 1 aromatic heterocycles. The van der Waals surface area contributed by atoms with Gasteiger partial charge in [-0.1, -0.05) is 36.4 Å². The fraction of sp³-hybridized carbons (Fsp3) is 0.333. The zero-order valence-corrected chi connectivity index (χ0v) is 19.0. The summed E-state index contributed by atoms with van der Waals surface area (Å²) >= 11 is 0. The van der Waals surface area contributed by atoms with E-state index < -0.39 is 0 Å². The number of amides is 1. The van der Waals surface area contributed by atoms with Crippen LogP contribution in [0.3, 0.4) is 0 Å². The van der Waals surface area contributed by atoms with Gasteiger partial charge in [0.15, 0.2) is 0 Å². The monoisotopic (exact) mass is 443 g/mol. The molecule has 33 heavy (non-hydrogen) atoms. The number of carbonyl (C=O) groups is 1. The maximum atomic E-state index is 13.6. The average Bonchev–Trinajstić information content (AvgIpc) is 3.26. The molecule has 2 aliphatic heterocycles. The zero-order valence-electron chi connectivity index (χ0n) is 19.0. The highest BCUT2D eigenvalue weighted by atomic mass is 16.5. The highest BCUT2D eigenvalue weighted by Crippen LogP contribution is 2.41. The van der Waals surface area contributed by atoms with Gasteiger partial charge in [-0.2, -0.15) is 0 Å². The number of carbonyl (C=O) groups excluding carboxylic acids is 1. The van der Waals surface area contributed by atoms with Crippen LogP contribution in [0.2, 0.25) is 0 Å². The fourth-order valence-corrected chi connectivity index (χ4v) is 5.17. The van der Waals surface area contributed by atoms with E-state index in [-0.39, 0.29) is 24.1 Å². The third-order valence-electron chi connectivity index (χ3n) is 6.74. The Morgan fingerprint density at radius 1 is 1.15 bits per heavy atom. The number of hydrogen-bond donors (Lipinski definition) is 1. The van der Waals surface area contributed by atoms with Gasteiger partial charge in [-0.25, -0.2) is 4.98 Å². The van der Waals surface area contributed by atoms with Crippen molar-refractivity contribution in [2.45, 2.75) is 50.8 Å². The number of aliphatic hydroxyl groups excluding tert-OH is 1. The molecule has 170 valence electrons. The van der Waals surface area contributed by atoms with Crippen molar-refractivity contribution in [1.82, 2.24) is 14.5 Å². The van der Waals surface area contributed by atoms with Gasteiger partial charge >= 0.3 is 0 Å². The normalized spacial score (nSPS) is 24.1. The maximum Gasteiger partial charge on any atom is 0.250 e. The smallest absolute Gasteiger partial charge is 0.250 e. The van der Waals surface area contributed by atoms with E-state index >= 15 is 0 Å². The Morgan fingerprint density at radius 3 is 2.70 bits per heavy atom. The second-order valence-corrected chi connectivity index (χ2v) is 8.98. The lowest BCUT2D eigenvalue weighted by Crippen LogP contribution is -2.52. The van der Waals surface area contributed by atoms with E-state index in [2.05, 4.69) is 4.98 Å². The Balaban J connectivity index is 1.45. The minimum Gasteiger partial charge on any atom is -0.495 e. The third kappa shape index (κ3) is 4.18. The summed E-state index contributed by atoms with van der Waals surface area (Å²) in [5.74, 6) is 0.798. The molecule has 1 N–H and O–H groups in total. The minimum absolute atomic E-state index is 0.0697. The lowest BCUT2D eigenvalue weighted by Gasteiger charge is -2.47. The molecule has 0 spiro atoms. The summed E-state index contributed by atoms with van der Waals surface area (Å²) in [6.45, 7) is 1.95. The number of piperidine rings is 2. The van der Waals surface area contributed by atoms with E-state index in [1.54, 1.807) is 13.4 Å². The summed E-state index contributed by atoms with van der Waals surface area (Å²) in [4.78, 5) is 19.9. The molecule has 3 aromatic rings. The van der Waals surface area contributed by atoms with Gasteiger partial charge in [-0.15, -0.1) is 0 Å². The fourth-order valence-electron chi connectivity index (χ4n) is 5.17. The molecule has 1 amide bonds. The summed E-state index contributed by atoms with van der Waals surface area (Å²) < 4.78 is 7.57. The molecule has 1 unspecified atom stereocenters. The number of methoxy groups -OCH3 is 1. The van der Waals surface area contributed by atoms with Gasteiger partial charge < -0.3 is 19.3 Å². The molecule has 2 fully saturated rings. The number of nitrogens with zero attached hydrogens (tertiary/aromatic N) is 3. The van der Waals surface area contributed by atoms with Gasteiger partial charge in [0, 0.05) is 17.8 Å². The first-order valence-corrected chi connectivity index (χ1v) is 11.5. The first-order chi connectivity index (χ1) is 16.0. The van der Waals surface area contributed by atoms with Crippen LogP contribution in [-0.4, -0.2) is 44.7 Å². The van der Waals surface area contributed by atoms with E-state index in [4.69, 9.17) is 4.74 Å². The number of aryl methyl sites for hydroxylation is 1. The van der Waals surface area contributed by atoms with E-state index in [1.165, 1.54) is 0 Å². The van der Waals surface area contributed by atoms with Crippen LogP contribution in [0.5, 0.6) is 5.75 Å². The third-order valence-corrected chi connectivity index (χ3v) is 6.74. The quantitative estimate of drug-likeness (QED) is 0.605. The van der Waals surface area contributed by atoms with Crippen molar-refractivity contribution in [2.24, 2.45) is 0 Å². The van der Waals surface area contributed by atoms with Crippen LogP contribution in [0, 0.1) is 6.92 Å². The van der Waals surface area contributed by atoms with Crippen molar-refractivity contribution in [1.29, 1.82) is 0 Å². The second kappa shape index (κ2) is 8.87. The molecule has 6 nitrogen and oxygen atoms in total. The van der Waals surface area contributed by atoms with Crippen LogP contribution < -0.4 is 4.74 Å². The number of fused-ring (bicyclic) bond motifs is 1. The predicted molar refractivity (Wildman–Crippen MR) is 127 cm³/mol. The van der Waals surface area contributed by atoms with Gasteiger partial charge in [0.05, 0.1) is 37.0 Å². The van der Waals surface area contributed by atoms with Gasteiger partial charge in [-0.05, 0) is 61.9 Å². The number of ether oxygens (including phenoxy) is 1. The van der Waals surface area contributed by atoms with Crippen LogP contribution in [0.25, 0.3) is 11.8 Å². The van der Waals surface area contributed by atoms with Crippen molar-refractivity contribution in [3.05, 3.63) is 83.4 Å². The van der Waals surface area contributed by atoms with E-state index in [9.17, 15) is 9.90 Å². The lowest BCUT2D eigenvalue weighted by molar-refractivity contribution is -0.139. The topological polar surface area (TPSA) is 67.6 Å². The molecule has 0 saturated carbocycles. The lowest BCUT2D eigenvalue weighted by atomic mass is 9.82. The molecule has 2 aliphatic rings. The van der Waals surface area contributed by atoms with Crippen molar-refractivity contribution < 1.29 is 14.6 Å². The molecule has 2 saturated heterocycles. The van der Waals surface area contributed by atoms with E-state index in [1.807, 2.05) is 77.2 Å². The van der Waals surface area contributed by atoms with Crippen LogP contribution in [0.1, 0.15) is 48.5 Å². The van der Waals surface area contributed by atoms with Crippen LogP contribution in [-0.2, 0) is 4.79 Å². The molecule has 0 bridgehead atoms. The van der Waals surface area contributed by atoms with Gasteiger partial charge in [-0.3, -0.25) is 4.79 Å². The van der Waals surface area contributed by atoms with Crippen molar-refractivity contribution in [2.75, 3.05) is 7.11 Å². The molecule has 3 atom stereocenters. The maximum absolute atomic E-state index is 13.6. The Bertz CT molecular complexity index is 1180. The van der Waals surface area contributed by atoms with E-state index in [0.717, 1.165) is 40.3 Å². The Morgan fingerprint density at radius 2 is 1.97 bits per heavy atom. The van der Waals surface area contributed by atoms with Crippen molar-refractivity contribution >= 4 is 12.0 Å². The Hall–Kier alpha value is -3.38. The molecular weight excluding hydrogens is 414 g/mol. The van der Waals surface area contributed by atoms with Crippen LogP contribution in [0.15, 0.2) is 66.6 Å². The summed E-state index contributed by atoms with van der Waals surface area (Å²) in [5.41, 5.74) is 4.66. The standard InChI is InChI=1S/C27H29N3O3/c1-18-16-29(17-28-18)24-11-8-19(13-26(24)33-2)12-21-9-10-22-14-23(31)15-25(30(22)27(21)32)20-6-4-3-5-7-20/h3-8,11-13,16-17,22-23,25,31H,9-10,14-15H2,1-2H3/b21-12+/t22-,23?,25+/m1/s1. The average molecular weight is 444 g/mol. The van der Waals surface area contributed by atoms with Gasteiger partial charge in [0.2, 0.25) is 0 Å². The summed E-state index contributed by atoms with van der Waals surface area (Å²) in [6.07, 6.45) is 8.12. The number of imidazole rings is 1. The van der Waals surface area contributed by atoms with Crippen molar-refractivity contribution in [3.8, 4) is 11.4 Å². The Kier molecular flexibility index (Phi) is 5.77. The number of aliphatic hydroxyl groups is 1. The summed E-state index contributed by atoms with van der Waals surface area (Å²) in [6, 6.07) is 16.0. The number of hydrogen-bond acceptors (Lipinski definition) is 4. The highest BCUT2D eigenvalue weighted by molar-refractivity contribution is 5.99. The van der Waals surface area contributed by atoms with Gasteiger partial charge in [0.1, 0.15) is 5.75 Å². The predicted octanol–water partition coefficient (Wildman–Crippen LogP) is 4.46. The number of rotatable bonds is 4. The van der Waals surface area contributed by atoms with Crippen LogP contribution in [0.4, 0.5) is 0 Å². The molecule has 3 heterocycles. The minimum atomic E-state index is -0.376. The molecule has 0 aliphatic carbocycles. The molecule has 5 rings (SSSR count). The SMILES string of the molecule is COc1cc(/C=C2\CC[C@@H]3CC(O)C[C@@H](c4ccccc4)N3C2=O)ccc1-n1cnc(C)c1. The number of aromatic nitrogens is 2. The van der Waals surface area contributed by atoms with Gasteiger partial charge in [0.25, 0.3) is 5.91 Å².